The van der Waals surface area contributed by atoms with Gasteiger partial charge in [-0.25, -0.2) is 0 Å². The molecule has 17 heavy (non-hydrogen) atoms. The van der Waals surface area contributed by atoms with Crippen molar-refractivity contribution < 1.29 is 14.3 Å². The largest absolute Gasteiger partial charge is 0.497 e. The van der Waals surface area contributed by atoms with Crippen LogP contribution in [0.5, 0.6) is 5.75 Å². The lowest BCUT2D eigenvalue weighted by atomic mass is 10.1. The minimum atomic E-state index is 0.162. The summed E-state index contributed by atoms with van der Waals surface area (Å²) in [5.41, 5.74) is 0.741. The van der Waals surface area contributed by atoms with Crippen molar-refractivity contribution in [2.75, 3.05) is 32.3 Å². The lowest BCUT2D eigenvalue weighted by Crippen LogP contribution is -2.03. The van der Waals surface area contributed by atoms with Gasteiger partial charge in [-0.15, -0.1) is 0 Å². The molecular formula is C13H18O3S. The first-order valence-electron chi connectivity index (χ1n) is 5.52. The summed E-state index contributed by atoms with van der Waals surface area (Å²) in [5, 5.41) is 0. The molecule has 0 bridgehead atoms. The first kappa shape index (κ1) is 14.1. The number of ether oxygens (including phenoxy) is 2. The Morgan fingerprint density at radius 3 is 2.53 bits per heavy atom. The highest BCUT2D eigenvalue weighted by Crippen LogP contribution is 2.13. The van der Waals surface area contributed by atoms with Crippen LogP contribution < -0.4 is 4.74 Å². The summed E-state index contributed by atoms with van der Waals surface area (Å²) in [5.74, 6) is 2.41. The Morgan fingerprint density at radius 2 is 1.94 bits per heavy atom. The van der Waals surface area contributed by atoms with Crippen LogP contribution in [0.3, 0.4) is 0 Å². The van der Waals surface area contributed by atoms with Crippen LogP contribution in [0, 0.1) is 0 Å². The summed E-state index contributed by atoms with van der Waals surface area (Å²) in [7, 11) is 3.30. The summed E-state index contributed by atoms with van der Waals surface area (Å²) in [6, 6.07) is 7.22. The standard InChI is InChI=1S/C13H18O3S/c1-15-8-3-9-17-10-13(14)11-4-6-12(16-2)7-5-11/h4-7H,3,8-10H2,1-2H3. The van der Waals surface area contributed by atoms with E-state index in [-0.39, 0.29) is 5.78 Å². The second-order valence-electron chi connectivity index (χ2n) is 3.55. The van der Waals surface area contributed by atoms with Crippen LogP contribution in [-0.2, 0) is 4.74 Å². The topological polar surface area (TPSA) is 35.5 Å². The SMILES string of the molecule is COCCCSCC(=O)c1ccc(OC)cc1. The summed E-state index contributed by atoms with van der Waals surface area (Å²) >= 11 is 1.65. The summed E-state index contributed by atoms with van der Waals surface area (Å²) in [6.45, 7) is 0.754. The van der Waals surface area contributed by atoms with Crippen molar-refractivity contribution >= 4 is 17.5 Å². The van der Waals surface area contributed by atoms with Crippen molar-refractivity contribution in [3.05, 3.63) is 29.8 Å². The van der Waals surface area contributed by atoms with E-state index < -0.39 is 0 Å². The first-order chi connectivity index (χ1) is 8.27. The van der Waals surface area contributed by atoms with Gasteiger partial charge < -0.3 is 9.47 Å². The number of methoxy groups -OCH3 is 2. The van der Waals surface area contributed by atoms with E-state index in [4.69, 9.17) is 9.47 Å². The molecule has 0 aromatic heterocycles. The molecule has 0 aliphatic carbocycles. The van der Waals surface area contributed by atoms with E-state index in [1.807, 2.05) is 12.1 Å². The van der Waals surface area contributed by atoms with E-state index in [1.54, 1.807) is 38.1 Å². The number of Topliss-reactive ketones (excluding diaryl/α,β-unsaturated/α-hetero) is 1. The highest BCUT2D eigenvalue weighted by atomic mass is 32.2. The van der Waals surface area contributed by atoms with Crippen LogP contribution in [0.25, 0.3) is 0 Å². The number of thioether (sulfide) groups is 1. The number of carbonyl (C=O) groups excluding carboxylic acids is 1. The van der Waals surface area contributed by atoms with E-state index >= 15 is 0 Å². The van der Waals surface area contributed by atoms with Gasteiger partial charge in [0, 0.05) is 19.3 Å². The predicted molar refractivity (Wildman–Crippen MR) is 71.1 cm³/mol. The average Bonchev–Trinajstić information content (AvgIpc) is 2.38. The molecule has 0 aliphatic rings. The molecule has 0 saturated heterocycles. The molecule has 0 radical (unpaired) electrons. The number of hydrogen-bond donors (Lipinski definition) is 0. The van der Waals surface area contributed by atoms with E-state index in [2.05, 4.69) is 0 Å². The predicted octanol–water partition coefficient (Wildman–Crippen LogP) is 2.65. The van der Waals surface area contributed by atoms with Crippen molar-refractivity contribution in [3.63, 3.8) is 0 Å². The first-order valence-corrected chi connectivity index (χ1v) is 6.67. The number of carbonyl (C=O) groups is 1. The van der Waals surface area contributed by atoms with E-state index in [0.717, 1.165) is 30.1 Å². The second-order valence-corrected chi connectivity index (χ2v) is 4.66. The van der Waals surface area contributed by atoms with Crippen molar-refractivity contribution in [1.82, 2.24) is 0 Å². The third-order valence-electron chi connectivity index (χ3n) is 2.28. The number of rotatable bonds is 8. The van der Waals surface area contributed by atoms with Gasteiger partial charge in [-0.1, -0.05) is 0 Å². The third kappa shape index (κ3) is 5.24. The van der Waals surface area contributed by atoms with Gasteiger partial charge in [0.1, 0.15) is 5.75 Å². The fourth-order valence-corrected chi connectivity index (χ4v) is 2.15. The van der Waals surface area contributed by atoms with Gasteiger partial charge >= 0.3 is 0 Å². The van der Waals surface area contributed by atoms with Crippen molar-refractivity contribution in [2.24, 2.45) is 0 Å². The van der Waals surface area contributed by atoms with Gasteiger partial charge in [-0.3, -0.25) is 4.79 Å². The summed E-state index contributed by atoms with van der Waals surface area (Å²) in [4.78, 5) is 11.8. The van der Waals surface area contributed by atoms with Gasteiger partial charge in [-0.05, 0) is 36.4 Å². The average molecular weight is 254 g/mol. The van der Waals surface area contributed by atoms with Gasteiger partial charge in [0.25, 0.3) is 0 Å². The smallest absolute Gasteiger partial charge is 0.172 e. The molecule has 0 amide bonds. The second kappa shape index (κ2) is 8.14. The molecule has 94 valence electrons. The van der Waals surface area contributed by atoms with Gasteiger partial charge in [0.2, 0.25) is 0 Å². The zero-order chi connectivity index (χ0) is 12.5. The molecule has 1 rings (SSSR count). The monoisotopic (exact) mass is 254 g/mol. The highest BCUT2D eigenvalue weighted by molar-refractivity contribution is 7.99. The van der Waals surface area contributed by atoms with Gasteiger partial charge in [-0.2, -0.15) is 11.8 Å². The maximum atomic E-state index is 11.8. The van der Waals surface area contributed by atoms with Crippen LogP contribution in [0.4, 0.5) is 0 Å². The lowest BCUT2D eigenvalue weighted by molar-refractivity contribution is 0.102. The Balaban J connectivity index is 2.31. The minimum Gasteiger partial charge on any atom is -0.497 e. The Kier molecular flexibility index (Phi) is 6.74. The van der Waals surface area contributed by atoms with Gasteiger partial charge in [0.15, 0.2) is 5.78 Å². The molecule has 1 aromatic carbocycles. The molecule has 0 saturated carbocycles. The van der Waals surface area contributed by atoms with Crippen LogP contribution in [-0.4, -0.2) is 38.1 Å². The van der Waals surface area contributed by atoms with Crippen molar-refractivity contribution in [2.45, 2.75) is 6.42 Å². The number of hydrogen-bond acceptors (Lipinski definition) is 4. The molecule has 4 heteroatoms. The van der Waals surface area contributed by atoms with E-state index in [9.17, 15) is 4.79 Å². The highest BCUT2D eigenvalue weighted by Gasteiger charge is 2.05. The van der Waals surface area contributed by atoms with Crippen molar-refractivity contribution in [3.8, 4) is 5.75 Å². The quantitative estimate of drug-likeness (QED) is 0.528. The third-order valence-corrected chi connectivity index (χ3v) is 3.33. The molecule has 0 fully saturated rings. The Hall–Kier alpha value is -1.00. The molecule has 0 atom stereocenters. The zero-order valence-electron chi connectivity index (χ0n) is 10.3. The Bertz CT molecular complexity index is 335. The number of benzene rings is 1. The molecule has 0 heterocycles. The Labute approximate surface area is 106 Å². The summed E-state index contributed by atoms with van der Waals surface area (Å²) in [6.07, 6.45) is 0.983. The molecule has 1 aromatic rings. The van der Waals surface area contributed by atoms with Crippen molar-refractivity contribution in [1.29, 1.82) is 0 Å². The fourth-order valence-electron chi connectivity index (χ4n) is 1.33. The maximum Gasteiger partial charge on any atom is 0.172 e. The molecule has 3 nitrogen and oxygen atoms in total. The minimum absolute atomic E-state index is 0.162. The normalized spacial score (nSPS) is 10.2. The van der Waals surface area contributed by atoms with E-state index in [0.29, 0.717) is 5.75 Å². The molecule has 0 unspecified atom stereocenters. The summed E-state index contributed by atoms with van der Waals surface area (Å²) < 4.78 is 9.99. The Morgan fingerprint density at radius 1 is 1.24 bits per heavy atom. The van der Waals surface area contributed by atoms with E-state index in [1.165, 1.54) is 0 Å². The van der Waals surface area contributed by atoms with Crippen LogP contribution in [0.15, 0.2) is 24.3 Å². The van der Waals surface area contributed by atoms with Crippen LogP contribution in [0.1, 0.15) is 16.8 Å². The van der Waals surface area contributed by atoms with Crippen LogP contribution in [0.2, 0.25) is 0 Å². The zero-order valence-corrected chi connectivity index (χ0v) is 11.1. The van der Waals surface area contributed by atoms with Gasteiger partial charge in [0.05, 0.1) is 12.9 Å². The maximum absolute atomic E-state index is 11.8. The molecule has 0 spiro atoms. The fraction of sp³-hybridized carbons (Fsp3) is 0.462. The lowest BCUT2D eigenvalue weighted by Gasteiger charge is -2.03. The molecular weight excluding hydrogens is 236 g/mol. The molecule has 0 N–H and O–H groups in total. The molecule has 0 aliphatic heterocycles. The van der Waals surface area contributed by atoms with Crippen LogP contribution >= 0.6 is 11.8 Å². The number of ketones is 1.